The summed E-state index contributed by atoms with van der Waals surface area (Å²) in [5, 5.41) is 12.8. The van der Waals surface area contributed by atoms with Crippen molar-refractivity contribution < 1.29 is 14.7 Å². The van der Waals surface area contributed by atoms with Gasteiger partial charge in [0.2, 0.25) is 5.91 Å². The molecule has 1 heterocycles. The standard InChI is InChI=1S/C14H24N2O3/c1-2-13(17)16-8-10(14(18)19)7-12(9-16)15-11-5-3-4-6-11/h10-12,15H,2-9H2,1H3,(H,18,19). The van der Waals surface area contributed by atoms with Crippen molar-refractivity contribution in [1.29, 1.82) is 0 Å². The number of aliphatic carboxylic acids is 1. The average Bonchev–Trinajstić information content (AvgIpc) is 2.90. The molecule has 2 fully saturated rings. The van der Waals surface area contributed by atoms with Crippen LogP contribution in [0.2, 0.25) is 0 Å². The van der Waals surface area contributed by atoms with E-state index < -0.39 is 11.9 Å². The second-order valence-corrected chi connectivity index (χ2v) is 5.77. The van der Waals surface area contributed by atoms with E-state index in [1.807, 2.05) is 6.92 Å². The second kappa shape index (κ2) is 6.37. The predicted molar refractivity (Wildman–Crippen MR) is 71.8 cm³/mol. The van der Waals surface area contributed by atoms with Gasteiger partial charge in [0, 0.05) is 31.6 Å². The van der Waals surface area contributed by atoms with Gasteiger partial charge in [-0.2, -0.15) is 0 Å². The second-order valence-electron chi connectivity index (χ2n) is 5.77. The normalized spacial score (nSPS) is 28.6. The molecule has 5 nitrogen and oxygen atoms in total. The van der Waals surface area contributed by atoms with Crippen molar-refractivity contribution >= 4 is 11.9 Å². The Morgan fingerprint density at radius 2 is 1.89 bits per heavy atom. The first-order valence-corrected chi connectivity index (χ1v) is 7.36. The van der Waals surface area contributed by atoms with E-state index in [1.165, 1.54) is 25.7 Å². The Bertz CT molecular complexity index is 340. The van der Waals surface area contributed by atoms with Gasteiger partial charge in [0.25, 0.3) is 0 Å². The molecule has 5 heteroatoms. The third kappa shape index (κ3) is 3.69. The number of likely N-dealkylation sites (tertiary alicyclic amines) is 1. The number of amides is 1. The van der Waals surface area contributed by atoms with Crippen LogP contribution in [0.5, 0.6) is 0 Å². The van der Waals surface area contributed by atoms with Gasteiger partial charge in [0.05, 0.1) is 5.92 Å². The Morgan fingerprint density at radius 3 is 2.47 bits per heavy atom. The van der Waals surface area contributed by atoms with Crippen LogP contribution in [0.1, 0.15) is 45.4 Å². The van der Waals surface area contributed by atoms with Gasteiger partial charge in [-0.25, -0.2) is 0 Å². The fraction of sp³-hybridized carbons (Fsp3) is 0.857. The molecule has 2 aliphatic rings. The molecule has 2 unspecified atom stereocenters. The third-order valence-electron chi connectivity index (χ3n) is 4.28. The lowest BCUT2D eigenvalue weighted by Crippen LogP contribution is -2.54. The summed E-state index contributed by atoms with van der Waals surface area (Å²) < 4.78 is 0. The van der Waals surface area contributed by atoms with Gasteiger partial charge in [-0.3, -0.25) is 9.59 Å². The molecule has 1 amide bonds. The van der Waals surface area contributed by atoms with Crippen molar-refractivity contribution in [2.45, 2.75) is 57.5 Å². The number of nitrogens with one attached hydrogen (secondary N) is 1. The lowest BCUT2D eigenvalue weighted by Gasteiger charge is -2.37. The zero-order valence-corrected chi connectivity index (χ0v) is 11.6. The molecule has 19 heavy (non-hydrogen) atoms. The maximum atomic E-state index is 11.8. The molecular weight excluding hydrogens is 244 g/mol. The van der Waals surface area contributed by atoms with Crippen molar-refractivity contribution in [3.63, 3.8) is 0 Å². The number of hydrogen-bond donors (Lipinski definition) is 2. The fourth-order valence-electron chi connectivity index (χ4n) is 3.25. The Morgan fingerprint density at radius 1 is 1.21 bits per heavy atom. The molecule has 0 aromatic heterocycles. The van der Waals surface area contributed by atoms with Crippen LogP contribution >= 0.6 is 0 Å². The van der Waals surface area contributed by atoms with Gasteiger partial charge >= 0.3 is 5.97 Å². The molecule has 1 saturated carbocycles. The van der Waals surface area contributed by atoms with Crippen LogP contribution in [0, 0.1) is 5.92 Å². The van der Waals surface area contributed by atoms with Crippen LogP contribution in [0.25, 0.3) is 0 Å². The zero-order chi connectivity index (χ0) is 13.8. The summed E-state index contributed by atoms with van der Waals surface area (Å²) in [5.74, 6) is -1.15. The smallest absolute Gasteiger partial charge is 0.308 e. The number of carboxylic acids is 1. The molecule has 0 aromatic rings. The van der Waals surface area contributed by atoms with E-state index in [9.17, 15) is 14.7 Å². The first kappa shape index (κ1) is 14.3. The van der Waals surface area contributed by atoms with Gasteiger partial charge in [0.15, 0.2) is 0 Å². The summed E-state index contributed by atoms with van der Waals surface area (Å²) >= 11 is 0. The van der Waals surface area contributed by atoms with Gasteiger partial charge < -0.3 is 15.3 Å². The van der Waals surface area contributed by atoms with Crippen LogP contribution < -0.4 is 5.32 Å². The predicted octanol–water partition coefficient (Wildman–Crippen LogP) is 1.23. The Balaban J connectivity index is 1.96. The molecule has 0 bridgehead atoms. The average molecular weight is 268 g/mol. The quantitative estimate of drug-likeness (QED) is 0.804. The van der Waals surface area contributed by atoms with E-state index in [2.05, 4.69) is 5.32 Å². The molecule has 1 aliphatic carbocycles. The highest BCUT2D eigenvalue weighted by Crippen LogP contribution is 2.23. The number of nitrogens with zero attached hydrogens (tertiary/aromatic N) is 1. The van der Waals surface area contributed by atoms with E-state index in [0.717, 1.165) is 0 Å². The molecular formula is C14H24N2O3. The first-order valence-electron chi connectivity index (χ1n) is 7.36. The van der Waals surface area contributed by atoms with Crippen LogP contribution in [0.4, 0.5) is 0 Å². The summed E-state index contributed by atoms with van der Waals surface area (Å²) in [6.45, 7) is 2.85. The number of piperidine rings is 1. The van der Waals surface area contributed by atoms with Crippen molar-refractivity contribution in [2.24, 2.45) is 5.92 Å². The van der Waals surface area contributed by atoms with Crippen molar-refractivity contribution in [1.82, 2.24) is 10.2 Å². The van der Waals surface area contributed by atoms with Gasteiger partial charge in [-0.1, -0.05) is 19.8 Å². The van der Waals surface area contributed by atoms with E-state index in [0.29, 0.717) is 32.0 Å². The molecule has 0 radical (unpaired) electrons. The summed E-state index contributed by atoms with van der Waals surface area (Å²) in [6.07, 6.45) is 5.95. The highest BCUT2D eigenvalue weighted by Gasteiger charge is 2.34. The van der Waals surface area contributed by atoms with E-state index in [4.69, 9.17) is 0 Å². The monoisotopic (exact) mass is 268 g/mol. The molecule has 108 valence electrons. The SMILES string of the molecule is CCC(=O)N1CC(NC2CCCC2)CC(C(=O)O)C1. The highest BCUT2D eigenvalue weighted by molar-refractivity contribution is 5.77. The number of carboxylic acid groups (broad SMARTS) is 1. The number of hydrogen-bond acceptors (Lipinski definition) is 3. The number of carbonyl (C=O) groups is 2. The molecule has 0 spiro atoms. The van der Waals surface area contributed by atoms with E-state index in [1.54, 1.807) is 4.90 Å². The molecule has 0 aromatic carbocycles. The van der Waals surface area contributed by atoms with Crippen molar-refractivity contribution in [3.8, 4) is 0 Å². The largest absolute Gasteiger partial charge is 0.481 e. The third-order valence-corrected chi connectivity index (χ3v) is 4.28. The maximum absolute atomic E-state index is 11.8. The van der Waals surface area contributed by atoms with Gasteiger partial charge in [0.1, 0.15) is 0 Å². The Kier molecular flexibility index (Phi) is 4.80. The summed E-state index contributed by atoms with van der Waals surface area (Å²) in [5.41, 5.74) is 0. The van der Waals surface area contributed by atoms with Crippen LogP contribution in [-0.2, 0) is 9.59 Å². The van der Waals surface area contributed by atoms with Gasteiger partial charge in [-0.15, -0.1) is 0 Å². The van der Waals surface area contributed by atoms with Crippen LogP contribution in [0.3, 0.4) is 0 Å². The van der Waals surface area contributed by atoms with Crippen molar-refractivity contribution in [2.75, 3.05) is 13.1 Å². The van der Waals surface area contributed by atoms with Crippen LogP contribution in [-0.4, -0.2) is 47.1 Å². The van der Waals surface area contributed by atoms with E-state index in [-0.39, 0.29) is 11.9 Å². The lowest BCUT2D eigenvalue weighted by molar-refractivity contribution is -0.146. The minimum Gasteiger partial charge on any atom is -0.481 e. The Hall–Kier alpha value is -1.10. The maximum Gasteiger partial charge on any atom is 0.308 e. The molecule has 1 saturated heterocycles. The molecule has 2 rings (SSSR count). The topological polar surface area (TPSA) is 69.6 Å². The van der Waals surface area contributed by atoms with E-state index >= 15 is 0 Å². The van der Waals surface area contributed by atoms with Crippen LogP contribution in [0.15, 0.2) is 0 Å². The van der Waals surface area contributed by atoms with Crippen molar-refractivity contribution in [3.05, 3.63) is 0 Å². The highest BCUT2D eigenvalue weighted by atomic mass is 16.4. The summed E-state index contributed by atoms with van der Waals surface area (Å²) in [4.78, 5) is 24.8. The summed E-state index contributed by atoms with van der Waals surface area (Å²) in [7, 11) is 0. The minimum atomic E-state index is -0.785. The number of rotatable bonds is 4. The minimum absolute atomic E-state index is 0.0594. The molecule has 2 atom stereocenters. The lowest BCUT2D eigenvalue weighted by atomic mass is 9.93. The zero-order valence-electron chi connectivity index (χ0n) is 11.6. The summed E-state index contributed by atoms with van der Waals surface area (Å²) in [6, 6.07) is 0.643. The number of carbonyl (C=O) groups excluding carboxylic acids is 1. The molecule has 2 N–H and O–H groups in total. The Labute approximate surface area is 114 Å². The van der Waals surface area contributed by atoms with Gasteiger partial charge in [-0.05, 0) is 19.3 Å². The fourth-order valence-corrected chi connectivity index (χ4v) is 3.25. The first-order chi connectivity index (χ1) is 9.10. The molecule has 1 aliphatic heterocycles.